The summed E-state index contributed by atoms with van der Waals surface area (Å²) in [5, 5.41) is 9.03. The molecule has 2 aromatic rings. The number of benzene rings is 2. The normalized spacial score (nSPS) is 11.5. The predicted octanol–water partition coefficient (Wildman–Crippen LogP) is 6.38. The second-order valence-corrected chi connectivity index (χ2v) is 9.28. The summed E-state index contributed by atoms with van der Waals surface area (Å²) in [6.07, 6.45) is 3.93. The number of nitrogens with one attached hydrogen (secondary N) is 3. The lowest BCUT2D eigenvalue weighted by Gasteiger charge is -2.17. The van der Waals surface area contributed by atoms with Crippen LogP contribution in [0.4, 0.5) is 21.5 Å². The summed E-state index contributed by atoms with van der Waals surface area (Å²) < 4.78 is 20.6. The molecule has 0 aliphatic heterocycles. The van der Waals surface area contributed by atoms with Gasteiger partial charge in [0.25, 0.3) is 0 Å². The largest absolute Gasteiger partial charge is 0.492 e. The lowest BCUT2D eigenvalue weighted by atomic mass is 9.90. The summed E-state index contributed by atoms with van der Waals surface area (Å²) in [4.78, 5) is 16.5. The van der Waals surface area contributed by atoms with Crippen molar-refractivity contribution in [1.82, 2.24) is 5.32 Å². The average molecular weight is 469 g/mol. The Hall–Kier alpha value is -3.19. The van der Waals surface area contributed by atoms with Gasteiger partial charge in [-0.05, 0) is 56.5 Å². The molecule has 0 aromatic heterocycles. The molecule has 1 amide bonds. The van der Waals surface area contributed by atoms with Crippen molar-refractivity contribution in [3.63, 3.8) is 0 Å². The van der Waals surface area contributed by atoms with E-state index in [0.29, 0.717) is 42.4 Å². The minimum Gasteiger partial charge on any atom is -0.492 e. The van der Waals surface area contributed by atoms with Crippen LogP contribution in [0.15, 0.2) is 48.0 Å². The molecular weight excluding hydrogens is 431 g/mol. The Morgan fingerprint density at radius 3 is 2.38 bits per heavy atom. The number of nitrogens with zero attached hydrogens (tertiary/aromatic N) is 1. The van der Waals surface area contributed by atoms with Crippen LogP contribution in [0.1, 0.15) is 52.5 Å². The fraction of sp³-hybridized carbons (Fsp3) is 0.407. The molecule has 0 unspecified atom stereocenters. The second-order valence-electron chi connectivity index (χ2n) is 9.28. The van der Waals surface area contributed by atoms with Crippen molar-refractivity contribution in [3.05, 3.63) is 54.4 Å². The Morgan fingerprint density at radius 1 is 1.15 bits per heavy atom. The summed E-state index contributed by atoms with van der Waals surface area (Å²) in [7, 11) is 1.82. The fourth-order valence-corrected chi connectivity index (χ4v) is 3.34. The summed E-state index contributed by atoms with van der Waals surface area (Å²) in [5.41, 5.74) is 2.73. The van der Waals surface area contributed by atoms with Crippen LogP contribution in [-0.2, 0) is 4.79 Å². The van der Waals surface area contributed by atoms with Crippen LogP contribution < -0.4 is 20.7 Å². The monoisotopic (exact) mass is 468 g/mol. The maximum absolute atomic E-state index is 15.0. The molecule has 0 atom stereocenters. The highest BCUT2D eigenvalue weighted by molar-refractivity contribution is 5.91. The van der Waals surface area contributed by atoms with Crippen LogP contribution in [0.2, 0.25) is 0 Å². The third-order valence-corrected chi connectivity index (χ3v) is 5.03. The molecule has 2 aromatic carbocycles. The van der Waals surface area contributed by atoms with Crippen LogP contribution in [0.5, 0.6) is 5.75 Å². The molecule has 0 saturated heterocycles. The molecule has 34 heavy (non-hydrogen) atoms. The van der Waals surface area contributed by atoms with Crippen molar-refractivity contribution in [2.45, 2.75) is 47.0 Å². The van der Waals surface area contributed by atoms with Gasteiger partial charge in [0.15, 0.2) is 0 Å². The first-order valence-electron chi connectivity index (χ1n) is 11.6. The van der Waals surface area contributed by atoms with E-state index < -0.39 is 5.82 Å². The first-order chi connectivity index (χ1) is 16.1. The van der Waals surface area contributed by atoms with Crippen molar-refractivity contribution < 1.29 is 13.9 Å². The van der Waals surface area contributed by atoms with Crippen LogP contribution in [-0.4, -0.2) is 32.3 Å². The van der Waals surface area contributed by atoms with Crippen molar-refractivity contribution in [2.75, 3.05) is 30.8 Å². The number of aliphatic imine (C=N–C) groups is 1. The van der Waals surface area contributed by atoms with Crippen LogP contribution >= 0.6 is 0 Å². The highest BCUT2D eigenvalue weighted by atomic mass is 19.1. The number of halogens is 1. The van der Waals surface area contributed by atoms with E-state index >= 15 is 0 Å². The molecule has 7 heteroatoms. The first-order valence-corrected chi connectivity index (χ1v) is 11.6. The summed E-state index contributed by atoms with van der Waals surface area (Å²) >= 11 is 0. The van der Waals surface area contributed by atoms with Gasteiger partial charge in [0, 0.05) is 48.4 Å². The molecule has 0 spiro atoms. The molecular formula is C27H37FN4O2. The lowest BCUT2D eigenvalue weighted by Crippen LogP contribution is -2.16. The highest BCUT2D eigenvalue weighted by Gasteiger charge is 2.15. The number of anilines is 2. The van der Waals surface area contributed by atoms with Gasteiger partial charge in [0.1, 0.15) is 18.2 Å². The van der Waals surface area contributed by atoms with E-state index in [4.69, 9.17) is 4.74 Å². The van der Waals surface area contributed by atoms with E-state index in [1.54, 1.807) is 31.3 Å². The lowest BCUT2D eigenvalue weighted by molar-refractivity contribution is -0.116. The topological polar surface area (TPSA) is 74.8 Å². The summed E-state index contributed by atoms with van der Waals surface area (Å²) in [6.45, 7) is 13.3. The number of carbonyl (C=O) groups excluding carboxylic acids is 1. The van der Waals surface area contributed by atoms with Crippen molar-refractivity contribution >= 4 is 34.9 Å². The second kappa shape index (κ2) is 12.9. The van der Waals surface area contributed by atoms with Crippen LogP contribution in [0.3, 0.4) is 0 Å². The first kappa shape index (κ1) is 27.1. The van der Waals surface area contributed by atoms with Crippen LogP contribution in [0, 0.1) is 11.2 Å². The number of hydrogen-bond acceptors (Lipinski definition) is 5. The summed E-state index contributed by atoms with van der Waals surface area (Å²) in [6, 6.07) is 10.3. The fourth-order valence-electron chi connectivity index (χ4n) is 3.34. The standard InChI is InChI=1S/C27H37FN4O2/c1-7-30-24-18-22(34-16-15-29-6)17-23(28)26(24)19(2)31-20-10-12-21(13-11-20)32-25(33)9-8-14-27(3,4)5/h7,10-13,17-18,29,31H,2,8-9,14-16H2,1,3-6H3,(H,32,33). The molecule has 0 radical (unpaired) electrons. The molecule has 0 bridgehead atoms. The maximum Gasteiger partial charge on any atom is 0.224 e. The van der Waals surface area contributed by atoms with Gasteiger partial charge in [-0.1, -0.05) is 27.4 Å². The zero-order chi connectivity index (χ0) is 25.1. The third kappa shape index (κ3) is 8.98. The third-order valence-electron chi connectivity index (χ3n) is 5.03. The predicted molar refractivity (Wildman–Crippen MR) is 141 cm³/mol. The van der Waals surface area contributed by atoms with Gasteiger partial charge in [-0.15, -0.1) is 0 Å². The molecule has 0 aliphatic carbocycles. The quantitative estimate of drug-likeness (QED) is 0.249. The number of amides is 1. The summed E-state index contributed by atoms with van der Waals surface area (Å²) in [5.74, 6) is -0.0674. The maximum atomic E-state index is 15.0. The molecule has 3 N–H and O–H groups in total. The van der Waals surface area contributed by atoms with E-state index in [1.807, 2.05) is 19.2 Å². The Balaban J connectivity index is 2.04. The van der Waals surface area contributed by atoms with Gasteiger partial charge in [0.05, 0.1) is 11.3 Å². The molecule has 0 aliphatic rings. The average Bonchev–Trinajstić information content (AvgIpc) is 2.74. The van der Waals surface area contributed by atoms with Crippen molar-refractivity contribution in [3.8, 4) is 5.75 Å². The number of rotatable bonds is 12. The molecule has 2 rings (SSSR count). The molecule has 0 fully saturated rings. The molecule has 184 valence electrons. The SMILES string of the molecule is C=C(Nc1ccc(NC(=O)CCCC(C)(C)C)cc1)c1c(F)cc(OCCNC)cc1N=CC. The van der Waals surface area contributed by atoms with E-state index in [1.165, 1.54) is 6.07 Å². The smallest absolute Gasteiger partial charge is 0.224 e. The van der Waals surface area contributed by atoms with Gasteiger partial charge in [-0.2, -0.15) is 0 Å². The van der Waals surface area contributed by atoms with Gasteiger partial charge in [-0.25, -0.2) is 4.39 Å². The van der Waals surface area contributed by atoms with E-state index in [-0.39, 0.29) is 16.9 Å². The number of ether oxygens (including phenoxy) is 1. The van der Waals surface area contributed by atoms with Crippen LogP contribution in [0.25, 0.3) is 5.70 Å². The Bertz CT molecular complexity index is 995. The molecule has 6 nitrogen and oxygen atoms in total. The minimum atomic E-state index is -0.473. The van der Waals surface area contributed by atoms with Gasteiger partial charge >= 0.3 is 0 Å². The Morgan fingerprint density at radius 2 is 1.79 bits per heavy atom. The van der Waals surface area contributed by atoms with Gasteiger partial charge < -0.3 is 20.7 Å². The van der Waals surface area contributed by atoms with E-state index in [0.717, 1.165) is 18.5 Å². The Kier molecular flexibility index (Phi) is 10.3. The number of hydrogen-bond donors (Lipinski definition) is 3. The van der Waals surface area contributed by atoms with Crippen molar-refractivity contribution in [2.24, 2.45) is 10.4 Å². The molecule has 0 heterocycles. The van der Waals surface area contributed by atoms with Gasteiger partial charge in [-0.3, -0.25) is 9.79 Å². The number of carbonyl (C=O) groups is 1. The minimum absolute atomic E-state index is 0.00413. The zero-order valence-electron chi connectivity index (χ0n) is 20.9. The van der Waals surface area contributed by atoms with Gasteiger partial charge in [0.2, 0.25) is 5.91 Å². The molecule has 0 saturated carbocycles. The zero-order valence-corrected chi connectivity index (χ0v) is 20.9. The van der Waals surface area contributed by atoms with E-state index in [2.05, 4.69) is 48.3 Å². The number of likely N-dealkylation sites (N-methyl/N-ethyl adjacent to an activating group) is 1. The van der Waals surface area contributed by atoms with Crippen molar-refractivity contribution in [1.29, 1.82) is 0 Å². The highest BCUT2D eigenvalue weighted by Crippen LogP contribution is 2.33. The Labute approximate surface area is 202 Å². The van der Waals surface area contributed by atoms with E-state index in [9.17, 15) is 9.18 Å².